The van der Waals surface area contributed by atoms with E-state index in [1.54, 1.807) is 23.5 Å². The largest absolute Gasteiger partial charge is 0.270 e. The molecule has 0 bridgehead atoms. The van der Waals surface area contributed by atoms with E-state index in [4.69, 9.17) is 11.8 Å². The Morgan fingerprint density at radius 2 is 2.10 bits per heavy atom. The second-order valence-corrected chi connectivity index (χ2v) is 5.33. The summed E-state index contributed by atoms with van der Waals surface area (Å²) in [4.78, 5) is 11.4. The van der Waals surface area contributed by atoms with Crippen molar-refractivity contribution in [3.63, 3.8) is 0 Å². The number of hydrogen-bond donors (Lipinski definition) is 0. The fourth-order valence-corrected chi connectivity index (χ4v) is 2.86. The van der Waals surface area contributed by atoms with Crippen molar-refractivity contribution in [3.8, 4) is 21.8 Å². The first-order valence-electron chi connectivity index (χ1n) is 5.70. The lowest BCUT2D eigenvalue weighted by molar-refractivity contribution is -0.384. The number of nitro benzene ring substituents is 1. The zero-order valence-electron chi connectivity index (χ0n) is 10.1. The van der Waals surface area contributed by atoms with Gasteiger partial charge in [-0.25, -0.2) is 0 Å². The van der Waals surface area contributed by atoms with E-state index >= 15 is 0 Å². The van der Waals surface area contributed by atoms with Gasteiger partial charge >= 0.3 is 0 Å². The molecule has 0 radical (unpaired) electrons. The summed E-state index contributed by atoms with van der Waals surface area (Å²) in [5.74, 6) is 0. The molecule has 0 aliphatic rings. The molecule has 2 heterocycles. The second-order valence-electron chi connectivity index (χ2n) is 4.06. The van der Waals surface area contributed by atoms with E-state index in [1.165, 1.54) is 16.3 Å². The number of rotatable bonds is 3. The molecule has 5 nitrogen and oxygen atoms in total. The number of benzene rings is 1. The van der Waals surface area contributed by atoms with Crippen molar-refractivity contribution < 1.29 is 4.92 Å². The fraction of sp³-hybridized carbons (Fsp3) is 0. The van der Waals surface area contributed by atoms with Gasteiger partial charge in [0.15, 0.2) is 0 Å². The zero-order valence-corrected chi connectivity index (χ0v) is 11.6. The predicted molar refractivity (Wildman–Crippen MR) is 78.9 cm³/mol. The lowest BCUT2D eigenvalue weighted by Gasteiger charge is -1.95. The van der Waals surface area contributed by atoms with Gasteiger partial charge in [-0.2, -0.15) is 9.30 Å². The van der Waals surface area contributed by atoms with Crippen molar-refractivity contribution in [2.45, 2.75) is 0 Å². The molecule has 0 atom stereocenters. The molecule has 0 fully saturated rings. The fourth-order valence-electron chi connectivity index (χ4n) is 1.87. The Labute approximate surface area is 123 Å². The molecule has 0 aliphatic heterocycles. The molecule has 0 saturated heterocycles. The summed E-state index contributed by atoms with van der Waals surface area (Å²) in [5.41, 5.74) is 2.07. The summed E-state index contributed by atoms with van der Waals surface area (Å²) in [6.07, 6.45) is 0. The predicted octanol–water partition coefficient (Wildman–Crippen LogP) is 4.19. The van der Waals surface area contributed by atoms with Crippen molar-refractivity contribution in [1.29, 1.82) is 0 Å². The van der Waals surface area contributed by atoms with Crippen molar-refractivity contribution in [1.82, 2.24) is 9.30 Å². The topological polar surface area (TPSA) is 61.0 Å². The molecular formula is C13H8ClN3O2S. The molecule has 7 heteroatoms. The van der Waals surface area contributed by atoms with Gasteiger partial charge in [0.05, 0.1) is 21.2 Å². The molecule has 20 heavy (non-hydrogen) atoms. The van der Waals surface area contributed by atoms with Crippen LogP contribution >= 0.6 is 23.1 Å². The zero-order chi connectivity index (χ0) is 14.1. The number of nitro groups is 1. The van der Waals surface area contributed by atoms with Crippen molar-refractivity contribution in [3.05, 3.63) is 58.0 Å². The van der Waals surface area contributed by atoms with Crippen molar-refractivity contribution in [2.24, 2.45) is 0 Å². The van der Waals surface area contributed by atoms with Gasteiger partial charge in [-0.1, -0.05) is 18.2 Å². The summed E-state index contributed by atoms with van der Waals surface area (Å²) in [5, 5.41) is 17.0. The molecular weight excluding hydrogens is 298 g/mol. The van der Waals surface area contributed by atoms with Gasteiger partial charge in [0.25, 0.3) is 5.69 Å². The molecule has 0 unspecified atom stereocenters. The lowest BCUT2D eigenvalue weighted by Crippen LogP contribution is -1.89. The lowest BCUT2D eigenvalue weighted by atomic mass is 10.1. The highest BCUT2D eigenvalue weighted by atomic mass is 35.5. The third-order valence-electron chi connectivity index (χ3n) is 2.79. The van der Waals surface area contributed by atoms with E-state index < -0.39 is 4.92 Å². The van der Waals surface area contributed by atoms with E-state index in [-0.39, 0.29) is 5.69 Å². The Morgan fingerprint density at radius 1 is 1.25 bits per heavy atom. The summed E-state index contributed by atoms with van der Waals surface area (Å²) < 4.78 is 1.26. The maximum atomic E-state index is 10.8. The van der Waals surface area contributed by atoms with Crippen LogP contribution in [0.4, 0.5) is 5.69 Å². The normalized spacial score (nSPS) is 10.7. The number of halogens is 1. The molecule has 1 aromatic carbocycles. The minimum Gasteiger partial charge on any atom is -0.258 e. The summed E-state index contributed by atoms with van der Waals surface area (Å²) >= 11 is 7.62. The van der Waals surface area contributed by atoms with E-state index in [0.717, 1.165) is 10.6 Å². The number of non-ortho nitro benzene ring substituents is 1. The molecule has 2 aromatic heterocycles. The van der Waals surface area contributed by atoms with Crippen LogP contribution in [0.3, 0.4) is 0 Å². The van der Waals surface area contributed by atoms with Gasteiger partial charge in [0, 0.05) is 29.5 Å². The Bertz CT molecular complexity index is 768. The van der Waals surface area contributed by atoms with E-state index in [2.05, 4.69) is 5.10 Å². The van der Waals surface area contributed by atoms with Gasteiger partial charge < -0.3 is 0 Å². The molecule has 0 saturated carbocycles. The van der Waals surface area contributed by atoms with Gasteiger partial charge in [0.2, 0.25) is 0 Å². The van der Waals surface area contributed by atoms with Crippen molar-refractivity contribution >= 4 is 28.8 Å². The van der Waals surface area contributed by atoms with Gasteiger partial charge in [0.1, 0.15) is 0 Å². The van der Waals surface area contributed by atoms with Crippen LogP contribution < -0.4 is 0 Å². The first-order chi connectivity index (χ1) is 9.65. The van der Waals surface area contributed by atoms with Gasteiger partial charge in [-0.3, -0.25) is 10.1 Å². The summed E-state index contributed by atoms with van der Waals surface area (Å²) in [7, 11) is 0. The molecule has 3 rings (SSSR count). The Balaban J connectivity index is 2.05. The van der Waals surface area contributed by atoms with Crippen LogP contribution in [0.25, 0.3) is 21.8 Å². The monoisotopic (exact) mass is 305 g/mol. The van der Waals surface area contributed by atoms with E-state index in [9.17, 15) is 10.1 Å². The highest BCUT2D eigenvalue weighted by molar-refractivity contribution is 7.13. The Kier molecular flexibility index (Phi) is 3.25. The molecule has 0 spiro atoms. The number of hydrogen-bond acceptors (Lipinski definition) is 4. The van der Waals surface area contributed by atoms with Crippen molar-refractivity contribution in [2.75, 3.05) is 0 Å². The van der Waals surface area contributed by atoms with Crippen LogP contribution in [0, 0.1) is 10.1 Å². The number of thiophene rings is 1. The van der Waals surface area contributed by atoms with Gasteiger partial charge in [-0.15, -0.1) is 11.3 Å². The quantitative estimate of drug-likeness (QED) is 0.538. The SMILES string of the molecule is O=[N+]([O-])c1cccc(-c2cc(-c3cccs3)n(Cl)n2)c1. The smallest absolute Gasteiger partial charge is 0.258 e. The van der Waals surface area contributed by atoms with Gasteiger partial charge in [-0.05, 0) is 17.5 Å². The second kappa shape index (κ2) is 5.07. The first kappa shape index (κ1) is 12.8. The standard InChI is InChI=1S/C13H8ClN3O2S/c14-16-12(13-5-2-6-20-13)8-11(15-16)9-3-1-4-10(7-9)17(18)19/h1-8H. The molecule has 0 N–H and O–H groups in total. The van der Waals surface area contributed by atoms with Crippen LogP contribution in [0.5, 0.6) is 0 Å². The van der Waals surface area contributed by atoms with Crippen LogP contribution in [-0.4, -0.2) is 14.2 Å². The molecule has 0 amide bonds. The number of nitrogens with zero attached hydrogens (tertiary/aromatic N) is 3. The maximum Gasteiger partial charge on any atom is 0.270 e. The highest BCUT2D eigenvalue weighted by Gasteiger charge is 2.13. The van der Waals surface area contributed by atoms with Crippen LogP contribution in [0.2, 0.25) is 0 Å². The molecule has 100 valence electrons. The van der Waals surface area contributed by atoms with E-state index in [1.807, 2.05) is 23.6 Å². The number of aromatic nitrogens is 2. The minimum atomic E-state index is -0.429. The van der Waals surface area contributed by atoms with Crippen LogP contribution in [-0.2, 0) is 0 Å². The molecule has 3 aromatic rings. The van der Waals surface area contributed by atoms with E-state index in [0.29, 0.717) is 11.3 Å². The van der Waals surface area contributed by atoms with Crippen LogP contribution in [0.15, 0.2) is 47.8 Å². The van der Waals surface area contributed by atoms with Crippen LogP contribution in [0.1, 0.15) is 0 Å². The minimum absolute atomic E-state index is 0.0318. The average molecular weight is 306 g/mol. The third-order valence-corrected chi connectivity index (χ3v) is 3.94. The summed E-state index contributed by atoms with van der Waals surface area (Å²) in [6, 6.07) is 12.0. The Hall–Kier alpha value is -2.18. The Morgan fingerprint density at radius 3 is 2.80 bits per heavy atom. The highest BCUT2D eigenvalue weighted by Crippen LogP contribution is 2.30. The average Bonchev–Trinajstić information content (AvgIpc) is 3.07. The molecule has 0 aliphatic carbocycles. The third kappa shape index (κ3) is 2.31. The maximum absolute atomic E-state index is 10.8. The summed E-state index contributed by atoms with van der Waals surface area (Å²) in [6.45, 7) is 0. The first-order valence-corrected chi connectivity index (χ1v) is 6.92.